The highest BCUT2D eigenvalue weighted by molar-refractivity contribution is 7.89. The standard InChI is InChI=1S/C19H22F2N2O3S/c1-2-26-14-4-6-15(7-5-14)27(24,25)23-19-12-22-10-9-16(19)13-3-8-17(20)18(21)11-13/h3-8,11,16,19,22-23H,2,9-10,12H2,1H3. The minimum Gasteiger partial charge on any atom is -0.494 e. The van der Waals surface area contributed by atoms with Crippen LogP contribution < -0.4 is 14.8 Å². The summed E-state index contributed by atoms with van der Waals surface area (Å²) >= 11 is 0. The van der Waals surface area contributed by atoms with E-state index in [-0.39, 0.29) is 10.8 Å². The zero-order chi connectivity index (χ0) is 19.4. The second kappa shape index (κ2) is 8.33. The van der Waals surface area contributed by atoms with Gasteiger partial charge in [0, 0.05) is 18.5 Å². The van der Waals surface area contributed by atoms with Crippen molar-refractivity contribution in [1.82, 2.24) is 10.0 Å². The summed E-state index contributed by atoms with van der Waals surface area (Å²) in [6.07, 6.45) is 0.613. The number of hydrogen-bond acceptors (Lipinski definition) is 4. The molecule has 1 fully saturated rings. The van der Waals surface area contributed by atoms with Gasteiger partial charge in [-0.2, -0.15) is 0 Å². The molecule has 0 amide bonds. The van der Waals surface area contributed by atoms with Gasteiger partial charge in [0.2, 0.25) is 10.0 Å². The number of hydrogen-bond donors (Lipinski definition) is 2. The van der Waals surface area contributed by atoms with Crippen LogP contribution in [0.1, 0.15) is 24.8 Å². The number of ether oxygens (including phenoxy) is 1. The first-order chi connectivity index (χ1) is 12.9. The number of benzene rings is 2. The normalized spacial score (nSPS) is 20.4. The molecule has 0 bridgehead atoms. The molecule has 0 saturated carbocycles. The smallest absolute Gasteiger partial charge is 0.240 e. The molecule has 2 atom stereocenters. The molecule has 2 aromatic carbocycles. The SMILES string of the molecule is CCOc1ccc(S(=O)(=O)NC2CNCCC2c2ccc(F)c(F)c2)cc1. The first-order valence-electron chi connectivity index (χ1n) is 8.81. The molecular formula is C19H22F2N2O3S. The second-order valence-electron chi connectivity index (χ2n) is 6.41. The lowest BCUT2D eigenvalue weighted by atomic mass is 9.86. The van der Waals surface area contributed by atoms with E-state index in [2.05, 4.69) is 10.0 Å². The van der Waals surface area contributed by atoms with Gasteiger partial charge in [-0.1, -0.05) is 6.07 Å². The third-order valence-corrected chi connectivity index (χ3v) is 6.11. The van der Waals surface area contributed by atoms with Crippen molar-refractivity contribution in [3.05, 3.63) is 59.7 Å². The lowest BCUT2D eigenvalue weighted by Crippen LogP contribution is -2.49. The van der Waals surface area contributed by atoms with E-state index < -0.39 is 27.7 Å². The first-order valence-corrected chi connectivity index (χ1v) is 10.3. The molecular weight excluding hydrogens is 374 g/mol. The molecule has 5 nitrogen and oxygen atoms in total. The number of piperidine rings is 1. The van der Waals surface area contributed by atoms with Crippen molar-refractivity contribution in [2.45, 2.75) is 30.2 Å². The largest absolute Gasteiger partial charge is 0.494 e. The van der Waals surface area contributed by atoms with E-state index in [1.54, 1.807) is 12.1 Å². The van der Waals surface area contributed by atoms with Gasteiger partial charge in [0.25, 0.3) is 0 Å². The molecule has 0 aromatic heterocycles. The molecule has 1 aliphatic heterocycles. The number of nitrogens with one attached hydrogen (secondary N) is 2. The first kappa shape index (κ1) is 19.7. The molecule has 2 unspecified atom stereocenters. The summed E-state index contributed by atoms with van der Waals surface area (Å²) in [6, 6.07) is 9.42. The Bertz CT molecular complexity index is 888. The van der Waals surface area contributed by atoms with Gasteiger partial charge in [-0.15, -0.1) is 0 Å². The molecule has 1 heterocycles. The molecule has 3 rings (SSSR count). The zero-order valence-electron chi connectivity index (χ0n) is 14.9. The van der Waals surface area contributed by atoms with Crippen LogP contribution >= 0.6 is 0 Å². The van der Waals surface area contributed by atoms with Gasteiger partial charge in [-0.3, -0.25) is 0 Å². The van der Waals surface area contributed by atoms with Gasteiger partial charge in [0.15, 0.2) is 11.6 Å². The van der Waals surface area contributed by atoms with Crippen LogP contribution in [0.15, 0.2) is 47.4 Å². The molecule has 1 aliphatic rings. The van der Waals surface area contributed by atoms with Crippen molar-refractivity contribution in [2.75, 3.05) is 19.7 Å². The molecule has 0 radical (unpaired) electrons. The highest BCUT2D eigenvalue weighted by Gasteiger charge is 2.31. The van der Waals surface area contributed by atoms with E-state index in [0.29, 0.717) is 37.4 Å². The number of rotatable bonds is 6. The van der Waals surface area contributed by atoms with Gasteiger partial charge in [0.1, 0.15) is 5.75 Å². The molecule has 2 N–H and O–H groups in total. The Morgan fingerprint density at radius 1 is 1.15 bits per heavy atom. The predicted octanol–water partition coefficient (Wildman–Crippen LogP) is 2.79. The minimum absolute atomic E-state index is 0.126. The van der Waals surface area contributed by atoms with Crippen LogP contribution in [0.3, 0.4) is 0 Å². The minimum atomic E-state index is -3.76. The highest BCUT2D eigenvalue weighted by atomic mass is 32.2. The summed E-state index contributed by atoms with van der Waals surface area (Å²) in [5.74, 6) is -1.51. The second-order valence-corrected chi connectivity index (χ2v) is 8.12. The van der Waals surface area contributed by atoms with E-state index in [1.165, 1.54) is 18.2 Å². The molecule has 27 heavy (non-hydrogen) atoms. The van der Waals surface area contributed by atoms with Crippen molar-refractivity contribution < 1.29 is 21.9 Å². The Hall–Kier alpha value is -2.03. The maximum Gasteiger partial charge on any atom is 0.240 e. The Balaban J connectivity index is 1.81. The van der Waals surface area contributed by atoms with Crippen LogP contribution in [0, 0.1) is 11.6 Å². The van der Waals surface area contributed by atoms with Gasteiger partial charge in [-0.25, -0.2) is 21.9 Å². The monoisotopic (exact) mass is 396 g/mol. The lowest BCUT2D eigenvalue weighted by Gasteiger charge is -2.33. The lowest BCUT2D eigenvalue weighted by molar-refractivity contribution is 0.340. The fourth-order valence-electron chi connectivity index (χ4n) is 3.27. The summed E-state index contributed by atoms with van der Waals surface area (Å²) in [4.78, 5) is 0.126. The average molecular weight is 396 g/mol. The van der Waals surface area contributed by atoms with Crippen molar-refractivity contribution in [2.24, 2.45) is 0 Å². The molecule has 146 valence electrons. The van der Waals surface area contributed by atoms with Gasteiger partial charge >= 0.3 is 0 Å². The van der Waals surface area contributed by atoms with Crippen LogP contribution in [-0.2, 0) is 10.0 Å². The Labute approximate surface area is 157 Å². The third-order valence-electron chi connectivity index (χ3n) is 4.61. The van der Waals surface area contributed by atoms with Gasteiger partial charge in [-0.05, 0) is 61.9 Å². The third kappa shape index (κ3) is 4.63. The van der Waals surface area contributed by atoms with E-state index >= 15 is 0 Å². The molecule has 0 spiro atoms. The fourth-order valence-corrected chi connectivity index (χ4v) is 4.55. The molecule has 1 saturated heterocycles. The summed E-state index contributed by atoms with van der Waals surface area (Å²) in [6.45, 7) is 3.42. The summed E-state index contributed by atoms with van der Waals surface area (Å²) in [7, 11) is -3.76. The molecule has 2 aromatic rings. The van der Waals surface area contributed by atoms with E-state index in [9.17, 15) is 17.2 Å². The summed E-state index contributed by atoms with van der Waals surface area (Å²) < 4.78 is 60.4. The molecule has 0 aliphatic carbocycles. The zero-order valence-corrected chi connectivity index (χ0v) is 15.7. The topological polar surface area (TPSA) is 67.4 Å². The van der Waals surface area contributed by atoms with Crippen molar-refractivity contribution >= 4 is 10.0 Å². The van der Waals surface area contributed by atoms with Crippen LogP contribution in [0.2, 0.25) is 0 Å². The maximum atomic E-state index is 13.6. The van der Waals surface area contributed by atoms with E-state index in [0.717, 1.165) is 12.1 Å². The Morgan fingerprint density at radius 2 is 1.89 bits per heavy atom. The number of sulfonamides is 1. The van der Waals surface area contributed by atoms with Crippen LogP contribution in [0.4, 0.5) is 8.78 Å². The van der Waals surface area contributed by atoms with Gasteiger partial charge < -0.3 is 10.1 Å². The van der Waals surface area contributed by atoms with Crippen molar-refractivity contribution in [3.8, 4) is 5.75 Å². The fraction of sp³-hybridized carbons (Fsp3) is 0.368. The van der Waals surface area contributed by atoms with Crippen molar-refractivity contribution in [3.63, 3.8) is 0 Å². The Morgan fingerprint density at radius 3 is 2.56 bits per heavy atom. The summed E-state index contributed by atoms with van der Waals surface area (Å²) in [5, 5.41) is 3.15. The maximum absolute atomic E-state index is 13.6. The van der Waals surface area contributed by atoms with E-state index in [1.807, 2.05) is 6.92 Å². The Kier molecular flexibility index (Phi) is 6.08. The molecule has 8 heteroatoms. The van der Waals surface area contributed by atoms with Crippen LogP contribution in [0.5, 0.6) is 5.75 Å². The van der Waals surface area contributed by atoms with Gasteiger partial charge in [0.05, 0.1) is 11.5 Å². The summed E-state index contributed by atoms with van der Waals surface area (Å²) in [5.41, 5.74) is 0.579. The van der Waals surface area contributed by atoms with Crippen LogP contribution in [-0.4, -0.2) is 34.2 Å². The van der Waals surface area contributed by atoms with Crippen molar-refractivity contribution in [1.29, 1.82) is 0 Å². The quantitative estimate of drug-likeness (QED) is 0.788. The average Bonchev–Trinajstić information content (AvgIpc) is 2.65. The van der Waals surface area contributed by atoms with E-state index in [4.69, 9.17) is 4.74 Å². The van der Waals surface area contributed by atoms with Crippen LogP contribution in [0.25, 0.3) is 0 Å². The predicted molar refractivity (Wildman–Crippen MR) is 98.3 cm³/mol. The number of halogens is 2. The highest BCUT2D eigenvalue weighted by Crippen LogP contribution is 2.28.